The van der Waals surface area contributed by atoms with Crippen LogP contribution >= 0.6 is 22.1 Å². The van der Waals surface area contributed by atoms with Crippen LogP contribution in [0.25, 0.3) is 0 Å². The van der Waals surface area contributed by atoms with E-state index in [1.54, 1.807) is 0 Å². The highest BCUT2D eigenvalue weighted by Gasteiger charge is 2.28. The van der Waals surface area contributed by atoms with Crippen LogP contribution in [-0.4, -0.2) is 11.3 Å². The van der Waals surface area contributed by atoms with Crippen LogP contribution in [0.3, 0.4) is 0 Å². The molecule has 0 aromatic carbocycles. The summed E-state index contributed by atoms with van der Waals surface area (Å²) in [4.78, 5) is 0. The van der Waals surface area contributed by atoms with Crippen LogP contribution in [-0.2, 0) is 0 Å². The summed E-state index contributed by atoms with van der Waals surface area (Å²) in [6, 6.07) is 0. The molecule has 2 rings (SSSR count). The molecule has 2 saturated carbocycles. The molecule has 2 aliphatic carbocycles. The number of hydrogen-bond acceptors (Lipinski definition) is 0. The first-order chi connectivity index (χ1) is 6.88. The van der Waals surface area contributed by atoms with Crippen LogP contribution in [0.4, 0.5) is 0 Å². The fourth-order valence-corrected chi connectivity index (χ4v) is 7.72. The third-order valence-electron chi connectivity index (χ3n) is 3.85. The molecule has 0 amide bonds. The SMILES string of the molecule is BrP(C1CCCCC1)C1CCCCC1. The summed E-state index contributed by atoms with van der Waals surface area (Å²) in [5.41, 5.74) is 2.14. The Morgan fingerprint density at radius 2 is 1.00 bits per heavy atom. The molecule has 0 saturated heterocycles. The minimum atomic E-state index is 0.196. The highest BCUT2D eigenvalue weighted by Crippen LogP contribution is 2.60. The second-order valence-corrected chi connectivity index (χ2v) is 9.53. The molecule has 0 bridgehead atoms. The average Bonchev–Trinajstić information content (AvgIpc) is 2.30. The summed E-state index contributed by atoms with van der Waals surface area (Å²) in [6.07, 6.45) is 15.1. The molecule has 0 spiro atoms. The van der Waals surface area contributed by atoms with Gasteiger partial charge in [-0.2, -0.15) is 0 Å². The summed E-state index contributed by atoms with van der Waals surface area (Å²) in [5, 5.41) is 0. The number of halogens is 1. The van der Waals surface area contributed by atoms with E-state index in [1.807, 2.05) is 0 Å². The molecule has 0 nitrogen and oxygen atoms in total. The highest BCUT2D eigenvalue weighted by atomic mass is 79.9. The summed E-state index contributed by atoms with van der Waals surface area (Å²) in [6.45, 7) is 0.196. The minimum Gasteiger partial charge on any atom is -0.0599 e. The van der Waals surface area contributed by atoms with Gasteiger partial charge in [0.2, 0.25) is 0 Å². The van der Waals surface area contributed by atoms with E-state index in [0.717, 1.165) is 11.3 Å². The van der Waals surface area contributed by atoms with E-state index in [1.165, 1.54) is 64.2 Å². The largest absolute Gasteiger partial charge is 0.0599 e. The predicted octanol–water partition coefficient (Wildman–Crippen LogP) is 5.44. The van der Waals surface area contributed by atoms with Gasteiger partial charge in [0, 0.05) is 0 Å². The first-order valence-corrected chi connectivity index (χ1v) is 9.82. The quantitative estimate of drug-likeness (QED) is 0.589. The van der Waals surface area contributed by atoms with Crippen molar-refractivity contribution in [1.29, 1.82) is 0 Å². The van der Waals surface area contributed by atoms with Gasteiger partial charge in [-0.15, -0.1) is 0 Å². The van der Waals surface area contributed by atoms with Gasteiger partial charge in [-0.1, -0.05) is 54.0 Å². The Bertz CT molecular complexity index is 142. The maximum Gasteiger partial charge on any atom is -0.0108 e. The minimum absolute atomic E-state index is 0.196. The Morgan fingerprint density at radius 3 is 1.36 bits per heavy atom. The molecule has 2 aliphatic rings. The maximum absolute atomic E-state index is 4.07. The van der Waals surface area contributed by atoms with E-state index >= 15 is 0 Å². The zero-order chi connectivity index (χ0) is 9.80. The lowest BCUT2D eigenvalue weighted by molar-refractivity contribution is 0.489. The molecule has 0 atom stereocenters. The molecule has 0 aromatic rings. The first-order valence-electron chi connectivity index (χ1n) is 6.32. The predicted molar refractivity (Wildman–Crippen MR) is 69.6 cm³/mol. The Morgan fingerprint density at radius 1 is 0.643 bits per heavy atom. The van der Waals surface area contributed by atoms with Crippen molar-refractivity contribution in [2.45, 2.75) is 75.5 Å². The topological polar surface area (TPSA) is 0 Å². The molecule has 0 N–H and O–H groups in total. The highest BCUT2D eigenvalue weighted by molar-refractivity contribution is 9.39. The normalized spacial score (nSPS) is 27.0. The lowest BCUT2D eigenvalue weighted by Gasteiger charge is -2.34. The number of hydrogen-bond donors (Lipinski definition) is 0. The average molecular weight is 277 g/mol. The molecule has 82 valence electrons. The van der Waals surface area contributed by atoms with Crippen molar-refractivity contribution in [3.05, 3.63) is 0 Å². The molecule has 2 heteroatoms. The van der Waals surface area contributed by atoms with Crippen LogP contribution in [0.1, 0.15) is 64.2 Å². The zero-order valence-electron chi connectivity index (χ0n) is 9.05. The molecule has 0 heterocycles. The van der Waals surface area contributed by atoms with Crippen molar-refractivity contribution in [3.8, 4) is 0 Å². The van der Waals surface area contributed by atoms with E-state index in [2.05, 4.69) is 15.5 Å². The molecule has 0 aromatic heterocycles. The van der Waals surface area contributed by atoms with Gasteiger partial charge in [0.05, 0.1) is 0 Å². The van der Waals surface area contributed by atoms with Crippen LogP contribution in [0.15, 0.2) is 0 Å². The van der Waals surface area contributed by atoms with Crippen molar-refractivity contribution >= 4 is 22.1 Å². The van der Waals surface area contributed by atoms with Crippen molar-refractivity contribution in [2.75, 3.05) is 0 Å². The van der Waals surface area contributed by atoms with Crippen LogP contribution in [0.2, 0.25) is 0 Å². The monoisotopic (exact) mass is 276 g/mol. The van der Waals surface area contributed by atoms with Gasteiger partial charge < -0.3 is 0 Å². The molecule has 0 unspecified atom stereocenters. The van der Waals surface area contributed by atoms with Gasteiger partial charge in [-0.25, -0.2) is 0 Å². The van der Waals surface area contributed by atoms with Gasteiger partial charge in [-0.3, -0.25) is 0 Å². The summed E-state index contributed by atoms with van der Waals surface area (Å²) in [7, 11) is 0. The van der Waals surface area contributed by atoms with E-state index in [0.29, 0.717) is 0 Å². The van der Waals surface area contributed by atoms with Crippen LogP contribution in [0.5, 0.6) is 0 Å². The molecule has 0 aliphatic heterocycles. The molecular weight excluding hydrogens is 255 g/mol. The summed E-state index contributed by atoms with van der Waals surface area (Å²) < 4.78 is 0. The summed E-state index contributed by atoms with van der Waals surface area (Å²) in [5.74, 6) is 0. The fraction of sp³-hybridized carbons (Fsp3) is 1.00. The maximum atomic E-state index is 4.07. The smallest absolute Gasteiger partial charge is 0.0108 e. The van der Waals surface area contributed by atoms with E-state index < -0.39 is 0 Å². The second kappa shape index (κ2) is 5.85. The van der Waals surface area contributed by atoms with E-state index in [4.69, 9.17) is 0 Å². The second-order valence-electron chi connectivity index (χ2n) is 4.93. The van der Waals surface area contributed by atoms with Crippen LogP contribution in [0, 0.1) is 0 Å². The third kappa shape index (κ3) is 2.95. The standard InChI is InChI=1S/C12H22BrP/c13-14(11-7-3-1-4-8-11)12-9-5-2-6-10-12/h11-12H,1-10H2. The Balaban J connectivity index is 1.82. The Kier molecular flexibility index (Phi) is 4.76. The van der Waals surface area contributed by atoms with Gasteiger partial charge in [-0.05, 0) is 43.6 Å². The van der Waals surface area contributed by atoms with Gasteiger partial charge >= 0.3 is 0 Å². The lowest BCUT2D eigenvalue weighted by atomic mass is 10.00. The van der Waals surface area contributed by atoms with Gasteiger partial charge in [0.25, 0.3) is 0 Å². The molecule has 2 fully saturated rings. The van der Waals surface area contributed by atoms with Crippen molar-refractivity contribution in [3.63, 3.8) is 0 Å². The van der Waals surface area contributed by atoms with E-state index in [9.17, 15) is 0 Å². The summed E-state index contributed by atoms with van der Waals surface area (Å²) >= 11 is 4.07. The van der Waals surface area contributed by atoms with E-state index in [-0.39, 0.29) is 6.62 Å². The third-order valence-corrected chi connectivity index (χ3v) is 9.75. The van der Waals surface area contributed by atoms with Crippen molar-refractivity contribution in [1.82, 2.24) is 0 Å². The van der Waals surface area contributed by atoms with Gasteiger partial charge in [0.15, 0.2) is 0 Å². The van der Waals surface area contributed by atoms with Crippen molar-refractivity contribution < 1.29 is 0 Å². The Labute approximate surface area is 97.7 Å². The van der Waals surface area contributed by atoms with Crippen LogP contribution < -0.4 is 0 Å². The molecule has 0 radical (unpaired) electrons. The zero-order valence-corrected chi connectivity index (χ0v) is 11.5. The fourth-order valence-electron chi connectivity index (χ4n) is 2.95. The first kappa shape index (κ1) is 11.4. The van der Waals surface area contributed by atoms with Gasteiger partial charge in [0.1, 0.15) is 0 Å². The molecular formula is C12H22BrP. The Hall–Kier alpha value is 0.910. The number of rotatable bonds is 2. The lowest BCUT2D eigenvalue weighted by Crippen LogP contribution is -2.17. The van der Waals surface area contributed by atoms with Crippen molar-refractivity contribution in [2.24, 2.45) is 0 Å². The molecule has 14 heavy (non-hydrogen) atoms.